The van der Waals surface area contributed by atoms with Gasteiger partial charge >= 0.3 is 0 Å². The van der Waals surface area contributed by atoms with Gasteiger partial charge in [0.15, 0.2) is 0 Å². The number of allylic oxidation sites excluding steroid dienone is 2. The van der Waals surface area contributed by atoms with E-state index in [0.29, 0.717) is 0 Å². The maximum atomic E-state index is 4.63. The number of pyridine rings is 2. The maximum Gasteiger partial charge on any atom is 0.116 e. The molecule has 0 spiro atoms. The molecule has 1 saturated heterocycles. The van der Waals surface area contributed by atoms with E-state index >= 15 is 0 Å². The van der Waals surface area contributed by atoms with Crippen LogP contribution in [0.15, 0.2) is 43.0 Å². The van der Waals surface area contributed by atoms with Gasteiger partial charge in [0.2, 0.25) is 0 Å². The molecular weight excluding hydrogens is 468 g/mol. The Balaban J connectivity index is 1.24. The number of hydrogen-bond acceptors (Lipinski definition) is 4. The molecule has 4 aromatic rings. The van der Waals surface area contributed by atoms with Crippen LogP contribution in [0.5, 0.6) is 0 Å². The predicted molar refractivity (Wildman–Crippen MR) is 157 cm³/mol. The number of nitrogens with zero attached hydrogens (tertiary/aromatic N) is 4. The van der Waals surface area contributed by atoms with Gasteiger partial charge in [-0.2, -0.15) is 5.10 Å². The fourth-order valence-corrected chi connectivity index (χ4v) is 6.13. The number of aromatic amines is 2. The molecule has 0 atom stereocenters. The molecule has 0 unspecified atom stereocenters. The van der Waals surface area contributed by atoms with E-state index < -0.39 is 0 Å². The van der Waals surface area contributed by atoms with Crippen molar-refractivity contribution < 1.29 is 0 Å². The number of anilines is 1. The van der Waals surface area contributed by atoms with Crippen LogP contribution < -0.4 is 15.5 Å². The summed E-state index contributed by atoms with van der Waals surface area (Å²) in [5.74, 6) is 0.810. The summed E-state index contributed by atoms with van der Waals surface area (Å²) in [6, 6.07) is 4.50. The SMILES string of the molecule is C=c1c(-c2cc3c(N4CCCCC4)cncc3[nH]2)n[nH]/c1=C/C=C(\C)c1cncc(CC2CCCCC2)c1. The highest BCUT2D eigenvalue weighted by molar-refractivity contribution is 5.95. The molecule has 2 fully saturated rings. The van der Waals surface area contributed by atoms with E-state index in [4.69, 9.17) is 0 Å². The topological polar surface area (TPSA) is 73.5 Å². The Morgan fingerprint density at radius 2 is 1.79 bits per heavy atom. The van der Waals surface area contributed by atoms with Crippen LogP contribution in [0.25, 0.3) is 40.5 Å². The summed E-state index contributed by atoms with van der Waals surface area (Å²) >= 11 is 0. The first-order valence-electron chi connectivity index (χ1n) is 14.2. The van der Waals surface area contributed by atoms with Gasteiger partial charge in [-0.25, -0.2) is 0 Å². The van der Waals surface area contributed by atoms with Crippen molar-refractivity contribution in [1.82, 2.24) is 25.1 Å². The highest BCUT2D eigenvalue weighted by Crippen LogP contribution is 2.31. The van der Waals surface area contributed by atoms with Gasteiger partial charge in [-0.3, -0.25) is 15.1 Å². The van der Waals surface area contributed by atoms with Gasteiger partial charge in [-0.15, -0.1) is 0 Å². The quantitative estimate of drug-likeness (QED) is 0.349. The predicted octanol–water partition coefficient (Wildman–Crippen LogP) is 5.76. The zero-order chi connectivity index (χ0) is 25.9. The van der Waals surface area contributed by atoms with Gasteiger partial charge in [0.05, 0.1) is 34.6 Å². The number of H-pyrrole nitrogens is 2. The zero-order valence-corrected chi connectivity index (χ0v) is 22.5. The van der Waals surface area contributed by atoms with E-state index in [1.54, 1.807) is 0 Å². The monoisotopic (exact) mass is 506 g/mol. The second kappa shape index (κ2) is 11.0. The van der Waals surface area contributed by atoms with Crippen molar-refractivity contribution in [1.29, 1.82) is 0 Å². The van der Waals surface area contributed by atoms with Crippen molar-refractivity contribution in [2.24, 2.45) is 5.92 Å². The van der Waals surface area contributed by atoms with E-state index in [0.717, 1.165) is 52.9 Å². The van der Waals surface area contributed by atoms with Gasteiger partial charge in [0.25, 0.3) is 0 Å². The molecule has 0 bridgehead atoms. The molecule has 1 aliphatic carbocycles. The van der Waals surface area contributed by atoms with Gasteiger partial charge in [0, 0.05) is 36.1 Å². The summed E-state index contributed by atoms with van der Waals surface area (Å²) in [7, 11) is 0. The second-order valence-corrected chi connectivity index (χ2v) is 11.1. The molecule has 2 N–H and O–H groups in total. The zero-order valence-electron chi connectivity index (χ0n) is 22.5. The smallest absolute Gasteiger partial charge is 0.116 e. The molecule has 196 valence electrons. The van der Waals surface area contributed by atoms with E-state index in [2.05, 4.69) is 67.8 Å². The average molecular weight is 507 g/mol. The van der Waals surface area contributed by atoms with Gasteiger partial charge < -0.3 is 9.88 Å². The number of fused-ring (bicyclic) bond motifs is 1. The van der Waals surface area contributed by atoms with Gasteiger partial charge in [-0.1, -0.05) is 44.8 Å². The van der Waals surface area contributed by atoms with Crippen LogP contribution in [-0.2, 0) is 6.42 Å². The van der Waals surface area contributed by atoms with Gasteiger partial charge in [0.1, 0.15) is 5.69 Å². The summed E-state index contributed by atoms with van der Waals surface area (Å²) in [6.45, 7) is 8.68. The Hall–Kier alpha value is -3.67. The summed E-state index contributed by atoms with van der Waals surface area (Å²) in [5, 5.41) is 10.8. The lowest BCUT2D eigenvalue weighted by Gasteiger charge is -2.28. The lowest BCUT2D eigenvalue weighted by molar-refractivity contribution is 0.356. The van der Waals surface area contributed by atoms with Crippen LogP contribution in [0.4, 0.5) is 5.69 Å². The molecule has 38 heavy (non-hydrogen) atoms. The number of aromatic nitrogens is 5. The van der Waals surface area contributed by atoms with E-state index in [1.807, 2.05) is 24.8 Å². The lowest BCUT2D eigenvalue weighted by atomic mass is 9.85. The summed E-state index contributed by atoms with van der Waals surface area (Å²) in [5.41, 5.74) is 7.75. The fourth-order valence-electron chi connectivity index (χ4n) is 6.13. The minimum atomic E-state index is 0.810. The molecule has 0 amide bonds. The molecule has 1 aliphatic heterocycles. The van der Waals surface area contributed by atoms with E-state index in [1.165, 1.54) is 79.1 Å². The van der Waals surface area contributed by atoms with Crippen molar-refractivity contribution in [3.05, 3.63) is 64.7 Å². The third-order valence-electron chi connectivity index (χ3n) is 8.37. The molecular formula is C32H38N6. The third kappa shape index (κ3) is 5.17. The summed E-state index contributed by atoms with van der Waals surface area (Å²) in [4.78, 5) is 15.0. The first-order chi connectivity index (χ1) is 18.7. The van der Waals surface area contributed by atoms with Crippen molar-refractivity contribution in [3.63, 3.8) is 0 Å². The molecule has 0 radical (unpaired) electrons. The van der Waals surface area contributed by atoms with Crippen LogP contribution in [0.2, 0.25) is 0 Å². The number of rotatable bonds is 6. The molecule has 4 aromatic heterocycles. The van der Waals surface area contributed by atoms with E-state index in [-0.39, 0.29) is 0 Å². The summed E-state index contributed by atoms with van der Waals surface area (Å²) in [6.07, 6.45) is 23.9. The molecule has 5 heterocycles. The van der Waals surface area contributed by atoms with Crippen LogP contribution in [0, 0.1) is 5.92 Å². The van der Waals surface area contributed by atoms with Crippen LogP contribution >= 0.6 is 0 Å². The van der Waals surface area contributed by atoms with Gasteiger partial charge in [-0.05, 0) is 73.4 Å². The Morgan fingerprint density at radius 1 is 1.00 bits per heavy atom. The number of piperidine rings is 1. The molecule has 6 nitrogen and oxygen atoms in total. The third-order valence-corrected chi connectivity index (χ3v) is 8.37. The largest absolute Gasteiger partial charge is 0.370 e. The maximum absolute atomic E-state index is 4.63. The van der Waals surface area contributed by atoms with E-state index in [9.17, 15) is 0 Å². The normalized spacial score (nSPS) is 18.0. The highest BCUT2D eigenvalue weighted by Gasteiger charge is 2.17. The number of nitrogens with one attached hydrogen (secondary N) is 2. The van der Waals surface area contributed by atoms with Crippen LogP contribution in [0.3, 0.4) is 0 Å². The first-order valence-corrected chi connectivity index (χ1v) is 14.2. The lowest BCUT2D eigenvalue weighted by Crippen LogP contribution is -2.29. The second-order valence-electron chi connectivity index (χ2n) is 11.1. The highest BCUT2D eigenvalue weighted by atomic mass is 15.1. The molecule has 6 rings (SSSR count). The van der Waals surface area contributed by atoms with Crippen LogP contribution in [-0.4, -0.2) is 38.2 Å². The Morgan fingerprint density at radius 3 is 2.63 bits per heavy atom. The Bertz CT molecular complexity index is 1550. The minimum Gasteiger partial charge on any atom is -0.370 e. The van der Waals surface area contributed by atoms with Crippen molar-refractivity contribution in [3.8, 4) is 11.4 Å². The first kappa shape index (κ1) is 24.7. The molecule has 1 saturated carbocycles. The van der Waals surface area contributed by atoms with Crippen molar-refractivity contribution >= 4 is 34.8 Å². The average Bonchev–Trinajstić information content (AvgIpc) is 3.56. The van der Waals surface area contributed by atoms with Crippen molar-refractivity contribution in [2.75, 3.05) is 18.0 Å². The molecule has 2 aliphatic rings. The fraction of sp³-hybridized carbons (Fsp3) is 0.406. The molecule has 6 heteroatoms. The van der Waals surface area contributed by atoms with Crippen LogP contribution in [0.1, 0.15) is 69.4 Å². The minimum absolute atomic E-state index is 0.810. The summed E-state index contributed by atoms with van der Waals surface area (Å²) < 4.78 is 0. The Labute approximate surface area is 224 Å². The number of hydrogen-bond donors (Lipinski definition) is 2. The standard InChI is InChI=1S/C32H38N6/c1-22(26-16-25(18-33-19-26)15-24-9-5-3-6-10-24)11-12-28-23(2)32(37-36-28)29-17-27-30(35-29)20-34-21-31(27)38-13-7-4-8-14-38/h11-12,16-21,24,35-36H,2-10,13-15H2,1H3/b22-11+,28-12+. The Kier molecular flexibility index (Phi) is 7.12. The van der Waals surface area contributed by atoms with Crippen molar-refractivity contribution in [2.45, 2.75) is 64.7 Å². The molecule has 0 aromatic carbocycles.